The van der Waals surface area contributed by atoms with Crippen molar-refractivity contribution in [1.29, 1.82) is 0 Å². The number of amides is 1. The summed E-state index contributed by atoms with van der Waals surface area (Å²) in [6, 6.07) is 6.65. The van der Waals surface area contributed by atoms with Gasteiger partial charge in [-0.15, -0.1) is 11.3 Å². The number of nitrogens with two attached hydrogens (primary N) is 2. The number of primary amides is 1. The summed E-state index contributed by atoms with van der Waals surface area (Å²) in [5, 5.41) is 9.94. The lowest BCUT2D eigenvalue weighted by Crippen LogP contribution is -2.14. The number of sulfonamides is 1. The van der Waals surface area contributed by atoms with E-state index in [0.29, 0.717) is 23.4 Å². The van der Waals surface area contributed by atoms with E-state index in [2.05, 4.69) is 5.32 Å². The molecule has 0 spiro atoms. The zero-order valence-electron chi connectivity index (χ0n) is 11.3. The van der Waals surface area contributed by atoms with Gasteiger partial charge in [0.05, 0.1) is 10.5 Å². The number of primary sulfonamides is 1. The molecule has 1 amide bonds. The molecule has 112 valence electrons. The summed E-state index contributed by atoms with van der Waals surface area (Å²) in [7, 11) is -3.74. The normalized spacial score (nSPS) is 11.3. The molecule has 6 nitrogen and oxygen atoms in total. The fourth-order valence-corrected chi connectivity index (χ4v) is 3.43. The minimum atomic E-state index is -3.74. The number of rotatable bonds is 5. The molecular formula is C13H15N3O3S2. The summed E-state index contributed by atoms with van der Waals surface area (Å²) in [6.07, 6.45) is 0. The average Bonchev–Trinajstić information content (AvgIpc) is 2.85. The third kappa shape index (κ3) is 3.81. The van der Waals surface area contributed by atoms with Crippen LogP contribution >= 0.6 is 11.3 Å². The molecule has 2 aromatic rings. The summed E-state index contributed by atoms with van der Waals surface area (Å²) < 4.78 is 22.9. The van der Waals surface area contributed by atoms with Crippen molar-refractivity contribution in [2.75, 3.05) is 5.32 Å². The quantitative estimate of drug-likeness (QED) is 0.771. The molecule has 0 saturated carbocycles. The van der Waals surface area contributed by atoms with Crippen LogP contribution in [-0.2, 0) is 16.6 Å². The van der Waals surface area contributed by atoms with Crippen LogP contribution in [0.1, 0.15) is 20.8 Å². The second-order valence-electron chi connectivity index (χ2n) is 4.54. The van der Waals surface area contributed by atoms with Gasteiger partial charge in [0.2, 0.25) is 15.9 Å². The molecular weight excluding hydrogens is 310 g/mol. The van der Waals surface area contributed by atoms with Gasteiger partial charge < -0.3 is 11.1 Å². The number of hydrogen-bond donors (Lipinski definition) is 3. The lowest BCUT2D eigenvalue weighted by Gasteiger charge is -2.09. The van der Waals surface area contributed by atoms with Crippen LogP contribution in [-0.4, -0.2) is 14.3 Å². The number of aryl methyl sites for hydroxylation is 1. The van der Waals surface area contributed by atoms with Crippen molar-refractivity contribution in [2.24, 2.45) is 10.9 Å². The lowest BCUT2D eigenvalue weighted by atomic mass is 10.2. The smallest absolute Gasteiger partial charge is 0.249 e. The maximum absolute atomic E-state index is 11.5. The second kappa shape index (κ2) is 5.84. The van der Waals surface area contributed by atoms with Crippen LogP contribution in [0.15, 0.2) is 34.5 Å². The van der Waals surface area contributed by atoms with Gasteiger partial charge in [0, 0.05) is 22.5 Å². The summed E-state index contributed by atoms with van der Waals surface area (Å²) in [4.78, 5) is 12.0. The van der Waals surface area contributed by atoms with Crippen molar-refractivity contribution < 1.29 is 13.2 Å². The Labute approximate surface area is 126 Å². The zero-order chi connectivity index (χ0) is 15.6. The van der Waals surface area contributed by atoms with E-state index in [1.165, 1.54) is 17.4 Å². The van der Waals surface area contributed by atoms with E-state index < -0.39 is 15.9 Å². The Morgan fingerprint density at radius 3 is 2.62 bits per heavy atom. The van der Waals surface area contributed by atoms with Crippen molar-refractivity contribution in [2.45, 2.75) is 18.4 Å². The first-order valence-corrected chi connectivity index (χ1v) is 8.44. The van der Waals surface area contributed by atoms with Crippen molar-refractivity contribution in [3.63, 3.8) is 0 Å². The van der Waals surface area contributed by atoms with Crippen LogP contribution in [0.4, 0.5) is 5.69 Å². The van der Waals surface area contributed by atoms with Crippen LogP contribution in [0.5, 0.6) is 0 Å². The molecule has 0 unspecified atom stereocenters. The Bertz CT molecular complexity index is 782. The summed E-state index contributed by atoms with van der Waals surface area (Å²) >= 11 is 1.40. The van der Waals surface area contributed by atoms with Crippen molar-refractivity contribution in [3.8, 4) is 0 Å². The monoisotopic (exact) mass is 325 g/mol. The molecule has 0 atom stereocenters. The molecule has 0 bridgehead atoms. The Morgan fingerprint density at radius 1 is 1.33 bits per heavy atom. The summed E-state index contributed by atoms with van der Waals surface area (Å²) in [5.41, 5.74) is 6.88. The molecule has 1 aromatic heterocycles. The van der Waals surface area contributed by atoms with Crippen LogP contribution < -0.4 is 16.2 Å². The van der Waals surface area contributed by atoms with E-state index in [-0.39, 0.29) is 4.90 Å². The Balaban J connectivity index is 2.15. The highest BCUT2D eigenvalue weighted by Crippen LogP contribution is 2.21. The van der Waals surface area contributed by atoms with Crippen LogP contribution in [0.25, 0.3) is 0 Å². The van der Waals surface area contributed by atoms with Gasteiger partial charge in [0.1, 0.15) is 0 Å². The Kier molecular flexibility index (Phi) is 4.31. The molecule has 0 saturated heterocycles. The number of hydrogen-bond acceptors (Lipinski definition) is 5. The van der Waals surface area contributed by atoms with Crippen LogP contribution in [0, 0.1) is 6.92 Å². The zero-order valence-corrected chi connectivity index (χ0v) is 12.9. The van der Waals surface area contributed by atoms with Gasteiger partial charge in [-0.1, -0.05) is 6.07 Å². The molecule has 2 rings (SSSR count). The highest BCUT2D eigenvalue weighted by atomic mass is 32.2. The van der Waals surface area contributed by atoms with Gasteiger partial charge in [0.15, 0.2) is 0 Å². The first-order chi connectivity index (χ1) is 9.77. The number of carbonyl (C=O) groups is 1. The molecule has 8 heteroatoms. The number of carbonyl (C=O) groups excluding carboxylic acids is 1. The maximum Gasteiger partial charge on any atom is 0.249 e. The topological polar surface area (TPSA) is 115 Å². The molecule has 0 aliphatic carbocycles. The molecule has 1 aromatic carbocycles. The fraction of sp³-hybridized carbons (Fsp3) is 0.154. The molecule has 21 heavy (non-hydrogen) atoms. The first kappa shape index (κ1) is 15.5. The fourth-order valence-electron chi connectivity index (χ4n) is 1.81. The van der Waals surface area contributed by atoms with Crippen molar-refractivity contribution >= 4 is 33.0 Å². The van der Waals surface area contributed by atoms with E-state index in [4.69, 9.17) is 10.9 Å². The van der Waals surface area contributed by atoms with Crippen LogP contribution in [0.3, 0.4) is 0 Å². The number of thiophene rings is 1. The summed E-state index contributed by atoms with van der Waals surface area (Å²) in [6.45, 7) is 2.15. The molecule has 0 radical (unpaired) electrons. The number of benzene rings is 1. The SMILES string of the molecule is Cc1ccc(NCc2cc(C(N)=O)cs2)cc1S(N)(=O)=O. The largest absolute Gasteiger partial charge is 0.380 e. The highest BCUT2D eigenvalue weighted by Gasteiger charge is 2.12. The van der Waals surface area contributed by atoms with E-state index in [1.807, 2.05) is 0 Å². The molecule has 0 aliphatic rings. The van der Waals surface area contributed by atoms with Gasteiger partial charge in [-0.2, -0.15) is 0 Å². The average molecular weight is 325 g/mol. The predicted molar refractivity (Wildman–Crippen MR) is 82.7 cm³/mol. The molecule has 0 fully saturated rings. The van der Waals surface area contributed by atoms with E-state index in [9.17, 15) is 13.2 Å². The van der Waals surface area contributed by atoms with E-state index >= 15 is 0 Å². The predicted octanol–water partition coefficient (Wildman–Crippen LogP) is 1.41. The third-order valence-corrected chi connectivity index (χ3v) is 4.89. The Hall–Kier alpha value is -1.90. The van der Waals surface area contributed by atoms with Gasteiger partial charge in [0.25, 0.3) is 0 Å². The standard InChI is InChI=1S/C13H15N3O3S2/c1-8-2-3-10(5-12(8)21(15,18)19)16-6-11-4-9(7-20-11)13(14)17/h2-5,7,16H,6H2,1H3,(H2,14,17)(H2,15,18,19). The maximum atomic E-state index is 11.5. The second-order valence-corrected chi connectivity index (χ2v) is 7.07. The van der Waals surface area contributed by atoms with Crippen molar-refractivity contribution in [1.82, 2.24) is 0 Å². The molecule has 0 aliphatic heterocycles. The van der Waals surface area contributed by atoms with Crippen molar-refractivity contribution in [3.05, 3.63) is 45.6 Å². The van der Waals surface area contributed by atoms with Crippen LogP contribution in [0.2, 0.25) is 0 Å². The van der Waals surface area contributed by atoms with Gasteiger partial charge in [-0.05, 0) is 30.7 Å². The minimum absolute atomic E-state index is 0.0940. The lowest BCUT2D eigenvalue weighted by molar-refractivity contribution is 0.100. The third-order valence-electron chi connectivity index (χ3n) is 2.90. The first-order valence-electron chi connectivity index (χ1n) is 6.02. The van der Waals surface area contributed by atoms with Gasteiger partial charge >= 0.3 is 0 Å². The number of nitrogens with one attached hydrogen (secondary N) is 1. The molecule has 1 heterocycles. The highest BCUT2D eigenvalue weighted by molar-refractivity contribution is 7.89. The molecule has 5 N–H and O–H groups in total. The van der Waals surface area contributed by atoms with E-state index in [0.717, 1.165) is 4.88 Å². The Morgan fingerprint density at radius 2 is 2.05 bits per heavy atom. The van der Waals surface area contributed by atoms with Gasteiger partial charge in [-0.25, -0.2) is 13.6 Å². The minimum Gasteiger partial charge on any atom is -0.380 e. The van der Waals surface area contributed by atoms with E-state index in [1.54, 1.807) is 30.5 Å². The van der Waals surface area contributed by atoms with Gasteiger partial charge in [-0.3, -0.25) is 4.79 Å². The summed E-state index contributed by atoms with van der Waals surface area (Å²) in [5.74, 6) is -0.468. The number of anilines is 1.